The molecule has 0 aliphatic carbocycles. The van der Waals surface area contributed by atoms with Crippen LogP contribution in [0.2, 0.25) is 0 Å². The summed E-state index contributed by atoms with van der Waals surface area (Å²) in [4.78, 5) is 8.29. The highest BCUT2D eigenvalue weighted by Gasteiger charge is 2.31. The average molecular weight is 349 g/mol. The summed E-state index contributed by atoms with van der Waals surface area (Å²) < 4.78 is 42.1. The number of aliphatic hydroxyl groups is 1. The number of hydrogen-bond donors (Lipinski definition) is 1. The number of ether oxygens (including phenoxy) is 1. The van der Waals surface area contributed by atoms with E-state index in [1.807, 2.05) is 6.07 Å². The Balaban J connectivity index is 1.73. The van der Waals surface area contributed by atoms with Crippen molar-refractivity contribution in [3.63, 3.8) is 0 Å². The summed E-state index contributed by atoms with van der Waals surface area (Å²) in [6.07, 6.45) is 0.979. The minimum Gasteiger partial charge on any atom is -0.406 e. The second-order valence-corrected chi connectivity index (χ2v) is 5.28. The Morgan fingerprint density at radius 2 is 1.88 bits per heavy atom. The van der Waals surface area contributed by atoms with Crippen LogP contribution in [-0.4, -0.2) is 26.0 Å². The highest BCUT2D eigenvalue weighted by Crippen LogP contribution is 2.26. The molecule has 1 N–H and O–H groups in total. The number of halogens is 3. The normalized spacial score (nSPS) is 12.8. The van der Waals surface area contributed by atoms with Crippen molar-refractivity contribution in [2.75, 3.05) is 0 Å². The van der Waals surface area contributed by atoms with Crippen LogP contribution in [0.4, 0.5) is 13.2 Å². The highest BCUT2D eigenvalue weighted by molar-refractivity contribution is 5.53. The maximum absolute atomic E-state index is 12.2. The van der Waals surface area contributed by atoms with Crippen LogP contribution in [0.1, 0.15) is 11.7 Å². The van der Waals surface area contributed by atoms with Gasteiger partial charge in [0, 0.05) is 30.4 Å². The molecule has 0 amide bonds. The molecule has 2 heterocycles. The number of aromatic nitrogens is 3. The predicted molar refractivity (Wildman–Crippen MR) is 83.5 cm³/mol. The topological polar surface area (TPSA) is 60.2 Å². The van der Waals surface area contributed by atoms with Crippen molar-refractivity contribution in [3.05, 3.63) is 66.7 Å². The van der Waals surface area contributed by atoms with Gasteiger partial charge in [0.25, 0.3) is 0 Å². The van der Waals surface area contributed by atoms with Crippen LogP contribution < -0.4 is 4.74 Å². The Hall–Kier alpha value is -2.87. The molecular weight excluding hydrogens is 335 g/mol. The molecule has 0 radical (unpaired) electrons. The van der Waals surface area contributed by atoms with E-state index in [1.165, 1.54) is 24.3 Å². The summed E-state index contributed by atoms with van der Waals surface area (Å²) in [5, 5.41) is 10.4. The number of alkyl halides is 3. The number of benzene rings is 1. The second kappa shape index (κ2) is 6.94. The quantitative estimate of drug-likeness (QED) is 0.765. The Morgan fingerprint density at radius 3 is 2.52 bits per heavy atom. The first-order valence-electron chi connectivity index (χ1n) is 7.38. The molecule has 1 unspecified atom stereocenters. The summed E-state index contributed by atoms with van der Waals surface area (Å²) in [6, 6.07) is 8.76. The molecule has 1 aromatic carbocycles. The molecule has 5 nitrogen and oxygen atoms in total. The van der Waals surface area contributed by atoms with Gasteiger partial charge in [0.1, 0.15) is 11.6 Å². The minimum atomic E-state index is -4.74. The van der Waals surface area contributed by atoms with E-state index in [0.29, 0.717) is 11.4 Å². The molecule has 0 saturated carbocycles. The lowest BCUT2D eigenvalue weighted by molar-refractivity contribution is -0.274. The number of hydrogen-bond acceptors (Lipinski definition) is 4. The average Bonchev–Trinajstić information content (AvgIpc) is 3.03. The molecule has 130 valence electrons. The third-order valence-electron chi connectivity index (χ3n) is 3.50. The molecule has 0 fully saturated rings. The van der Waals surface area contributed by atoms with Crippen molar-refractivity contribution in [2.45, 2.75) is 19.0 Å². The van der Waals surface area contributed by atoms with Crippen molar-refractivity contribution in [1.29, 1.82) is 0 Å². The van der Waals surface area contributed by atoms with Crippen LogP contribution in [0.15, 0.2) is 61.2 Å². The molecule has 0 aliphatic heterocycles. The van der Waals surface area contributed by atoms with Crippen LogP contribution >= 0.6 is 0 Å². The van der Waals surface area contributed by atoms with Gasteiger partial charge in [-0.05, 0) is 29.8 Å². The molecule has 3 aromatic rings. The smallest absolute Gasteiger partial charge is 0.406 e. The molecule has 0 saturated heterocycles. The standard InChI is InChI=1S/C17H14F3N3O2/c18-17(19,20)25-14-5-3-12(4-6-14)15(24)11-23-9-8-22-16(23)13-2-1-7-21-10-13/h1-10,15,24H,11H2. The second-order valence-electron chi connectivity index (χ2n) is 5.28. The first kappa shape index (κ1) is 17.0. The van der Waals surface area contributed by atoms with Crippen LogP contribution in [0.5, 0.6) is 5.75 Å². The van der Waals surface area contributed by atoms with E-state index in [0.717, 1.165) is 5.56 Å². The number of pyridine rings is 1. The van der Waals surface area contributed by atoms with Gasteiger partial charge in [0.2, 0.25) is 0 Å². The Kier molecular flexibility index (Phi) is 4.71. The van der Waals surface area contributed by atoms with Gasteiger partial charge in [-0.2, -0.15) is 0 Å². The largest absolute Gasteiger partial charge is 0.573 e. The van der Waals surface area contributed by atoms with Gasteiger partial charge in [-0.15, -0.1) is 13.2 Å². The molecule has 0 bridgehead atoms. The lowest BCUT2D eigenvalue weighted by atomic mass is 10.1. The van der Waals surface area contributed by atoms with E-state index < -0.39 is 12.5 Å². The summed E-state index contributed by atoms with van der Waals surface area (Å²) in [7, 11) is 0. The van der Waals surface area contributed by atoms with Gasteiger partial charge >= 0.3 is 6.36 Å². The van der Waals surface area contributed by atoms with Crippen molar-refractivity contribution < 1.29 is 23.0 Å². The monoisotopic (exact) mass is 349 g/mol. The molecular formula is C17H14F3N3O2. The molecule has 0 aliphatic rings. The van der Waals surface area contributed by atoms with Gasteiger partial charge in [-0.3, -0.25) is 4.98 Å². The molecule has 25 heavy (non-hydrogen) atoms. The van der Waals surface area contributed by atoms with E-state index in [1.54, 1.807) is 35.4 Å². The first-order valence-corrected chi connectivity index (χ1v) is 7.38. The van der Waals surface area contributed by atoms with E-state index in [2.05, 4.69) is 14.7 Å². The fourth-order valence-electron chi connectivity index (χ4n) is 2.40. The minimum absolute atomic E-state index is 0.198. The maximum atomic E-state index is 12.2. The zero-order valence-corrected chi connectivity index (χ0v) is 12.9. The Morgan fingerprint density at radius 1 is 1.12 bits per heavy atom. The number of aliphatic hydroxyl groups excluding tert-OH is 1. The van der Waals surface area contributed by atoms with E-state index in [-0.39, 0.29) is 12.3 Å². The third kappa shape index (κ3) is 4.36. The molecule has 3 rings (SSSR count). The zero-order chi connectivity index (χ0) is 17.9. The zero-order valence-electron chi connectivity index (χ0n) is 12.9. The van der Waals surface area contributed by atoms with Crippen molar-refractivity contribution >= 4 is 0 Å². The van der Waals surface area contributed by atoms with Gasteiger partial charge in [-0.1, -0.05) is 12.1 Å². The molecule has 1 atom stereocenters. The maximum Gasteiger partial charge on any atom is 0.573 e. The van der Waals surface area contributed by atoms with Crippen LogP contribution in [-0.2, 0) is 6.54 Å². The fraction of sp³-hybridized carbons (Fsp3) is 0.176. The van der Waals surface area contributed by atoms with Crippen molar-refractivity contribution in [3.8, 4) is 17.1 Å². The Labute approximate surface area is 141 Å². The Bertz CT molecular complexity index is 817. The molecule has 2 aromatic heterocycles. The molecule has 0 spiro atoms. The SMILES string of the molecule is OC(Cn1ccnc1-c1cccnc1)c1ccc(OC(F)(F)F)cc1. The summed E-state index contributed by atoms with van der Waals surface area (Å²) >= 11 is 0. The third-order valence-corrected chi connectivity index (χ3v) is 3.50. The van der Waals surface area contributed by atoms with Crippen LogP contribution in [0.3, 0.4) is 0 Å². The lowest BCUT2D eigenvalue weighted by Crippen LogP contribution is -2.17. The fourth-order valence-corrected chi connectivity index (χ4v) is 2.40. The first-order chi connectivity index (χ1) is 11.9. The number of nitrogens with zero attached hydrogens (tertiary/aromatic N) is 3. The molecule has 8 heteroatoms. The van der Waals surface area contributed by atoms with Crippen molar-refractivity contribution in [1.82, 2.24) is 14.5 Å². The van der Waals surface area contributed by atoms with Crippen LogP contribution in [0, 0.1) is 0 Å². The van der Waals surface area contributed by atoms with E-state index >= 15 is 0 Å². The van der Waals surface area contributed by atoms with Gasteiger partial charge < -0.3 is 14.4 Å². The summed E-state index contributed by atoms with van der Waals surface area (Å²) in [5.74, 6) is 0.311. The van der Waals surface area contributed by atoms with Gasteiger partial charge in [-0.25, -0.2) is 4.98 Å². The van der Waals surface area contributed by atoms with Gasteiger partial charge in [0.05, 0.1) is 12.6 Å². The number of imidazole rings is 1. The van der Waals surface area contributed by atoms with E-state index in [9.17, 15) is 18.3 Å². The predicted octanol–water partition coefficient (Wildman–Crippen LogP) is 3.58. The lowest BCUT2D eigenvalue weighted by Gasteiger charge is -2.15. The summed E-state index contributed by atoms with van der Waals surface area (Å²) in [5.41, 5.74) is 1.27. The van der Waals surface area contributed by atoms with E-state index in [4.69, 9.17) is 0 Å². The summed E-state index contributed by atoms with van der Waals surface area (Å²) in [6.45, 7) is 0.198. The highest BCUT2D eigenvalue weighted by atomic mass is 19.4. The van der Waals surface area contributed by atoms with Crippen LogP contribution in [0.25, 0.3) is 11.4 Å². The van der Waals surface area contributed by atoms with Crippen molar-refractivity contribution in [2.24, 2.45) is 0 Å². The number of rotatable bonds is 5. The van der Waals surface area contributed by atoms with Gasteiger partial charge in [0.15, 0.2) is 0 Å².